The topological polar surface area (TPSA) is 82.5 Å². The fraction of sp³-hybridized carbons (Fsp3) is 0.350. The van der Waals surface area contributed by atoms with Crippen LogP contribution >= 0.6 is 0 Å². The quantitative estimate of drug-likeness (QED) is 0.851. The minimum absolute atomic E-state index is 0.0892. The number of nitrogens with zero attached hydrogens (tertiary/aromatic N) is 2. The van der Waals surface area contributed by atoms with Crippen molar-refractivity contribution in [2.75, 3.05) is 13.1 Å². The largest absolute Gasteiger partial charge is 0.389 e. The average molecular weight is 353 g/mol. The minimum atomic E-state index is -0.763. The van der Waals surface area contributed by atoms with Gasteiger partial charge in [-0.05, 0) is 42.7 Å². The molecule has 0 unspecified atom stereocenters. The Morgan fingerprint density at radius 3 is 2.58 bits per heavy atom. The molecule has 6 heteroatoms. The highest BCUT2D eigenvalue weighted by atomic mass is 16.3. The zero-order valence-corrected chi connectivity index (χ0v) is 14.5. The molecule has 0 spiro atoms. The average Bonchev–Trinajstić information content (AvgIpc) is 2.69. The fourth-order valence-corrected chi connectivity index (χ4v) is 3.13. The van der Waals surface area contributed by atoms with Crippen LogP contribution in [0.15, 0.2) is 54.9 Å². The van der Waals surface area contributed by atoms with Crippen molar-refractivity contribution in [1.82, 2.24) is 15.2 Å². The molecule has 1 aromatic heterocycles. The second-order valence-electron chi connectivity index (χ2n) is 6.50. The van der Waals surface area contributed by atoms with Gasteiger partial charge in [0.15, 0.2) is 0 Å². The fourth-order valence-electron chi connectivity index (χ4n) is 3.13. The summed E-state index contributed by atoms with van der Waals surface area (Å²) in [6.45, 7) is 0.739. The smallest absolute Gasteiger partial charge is 0.253 e. The Hall–Kier alpha value is -2.73. The van der Waals surface area contributed by atoms with Crippen molar-refractivity contribution >= 4 is 11.8 Å². The Bertz CT molecular complexity index is 736. The lowest BCUT2D eigenvalue weighted by Crippen LogP contribution is -2.55. The Morgan fingerprint density at radius 2 is 1.88 bits per heavy atom. The van der Waals surface area contributed by atoms with E-state index in [1.807, 2.05) is 30.3 Å². The number of nitrogens with one attached hydrogen (secondary N) is 1. The standard InChI is InChI=1S/C20H23N3O3/c24-18-14-23(20(26)16-4-2-1-3-5-16)13-10-17(18)22-19(25)7-6-15-8-11-21-12-9-15/h1-5,8-9,11-12,17-18,24H,6-7,10,13-14H2,(H,22,25)/t17-,18-/m1/s1. The molecule has 1 aliphatic rings. The predicted molar refractivity (Wildman–Crippen MR) is 97.5 cm³/mol. The molecule has 136 valence electrons. The number of likely N-dealkylation sites (tertiary alicyclic amines) is 1. The molecule has 0 aliphatic carbocycles. The molecule has 1 aromatic carbocycles. The summed E-state index contributed by atoms with van der Waals surface area (Å²) < 4.78 is 0. The lowest BCUT2D eigenvalue weighted by Gasteiger charge is -2.36. The second kappa shape index (κ2) is 8.58. The molecule has 0 saturated carbocycles. The molecular formula is C20H23N3O3. The molecule has 2 N–H and O–H groups in total. The number of amides is 2. The third kappa shape index (κ3) is 4.67. The van der Waals surface area contributed by atoms with Crippen LogP contribution < -0.4 is 5.32 Å². The van der Waals surface area contributed by atoms with Crippen LogP contribution in [0.1, 0.15) is 28.8 Å². The minimum Gasteiger partial charge on any atom is -0.389 e. The van der Waals surface area contributed by atoms with Crippen molar-refractivity contribution in [3.63, 3.8) is 0 Å². The first-order valence-electron chi connectivity index (χ1n) is 8.84. The highest BCUT2D eigenvalue weighted by Gasteiger charge is 2.31. The van der Waals surface area contributed by atoms with Crippen LogP contribution in [0.5, 0.6) is 0 Å². The first-order chi connectivity index (χ1) is 12.6. The number of aliphatic hydroxyl groups is 1. The molecule has 2 atom stereocenters. The summed E-state index contributed by atoms with van der Waals surface area (Å²) >= 11 is 0. The number of hydrogen-bond donors (Lipinski definition) is 2. The van der Waals surface area contributed by atoms with E-state index in [2.05, 4.69) is 10.3 Å². The van der Waals surface area contributed by atoms with Gasteiger partial charge in [0, 0.05) is 37.5 Å². The third-order valence-corrected chi connectivity index (χ3v) is 4.63. The molecule has 2 heterocycles. The van der Waals surface area contributed by atoms with E-state index in [4.69, 9.17) is 0 Å². The summed E-state index contributed by atoms with van der Waals surface area (Å²) in [7, 11) is 0. The van der Waals surface area contributed by atoms with Crippen molar-refractivity contribution in [1.29, 1.82) is 0 Å². The number of pyridine rings is 1. The van der Waals surface area contributed by atoms with Crippen LogP contribution in [-0.4, -0.2) is 52.0 Å². The summed E-state index contributed by atoms with van der Waals surface area (Å²) in [4.78, 5) is 30.2. The van der Waals surface area contributed by atoms with E-state index < -0.39 is 6.10 Å². The van der Waals surface area contributed by atoms with Crippen LogP contribution in [-0.2, 0) is 11.2 Å². The maximum absolute atomic E-state index is 12.5. The molecule has 26 heavy (non-hydrogen) atoms. The van der Waals surface area contributed by atoms with Gasteiger partial charge in [0.1, 0.15) is 0 Å². The van der Waals surface area contributed by atoms with Crippen molar-refractivity contribution in [3.05, 3.63) is 66.0 Å². The van der Waals surface area contributed by atoms with Crippen molar-refractivity contribution in [2.24, 2.45) is 0 Å². The van der Waals surface area contributed by atoms with Crippen molar-refractivity contribution in [2.45, 2.75) is 31.4 Å². The van der Waals surface area contributed by atoms with Gasteiger partial charge in [-0.3, -0.25) is 14.6 Å². The van der Waals surface area contributed by atoms with Gasteiger partial charge in [-0.15, -0.1) is 0 Å². The van der Waals surface area contributed by atoms with Crippen LogP contribution in [0, 0.1) is 0 Å². The van der Waals surface area contributed by atoms with E-state index in [9.17, 15) is 14.7 Å². The lowest BCUT2D eigenvalue weighted by molar-refractivity contribution is -0.123. The van der Waals surface area contributed by atoms with Crippen LogP contribution in [0.3, 0.4) is 0 Å². The summed E-state index contributed by atoms with van der Waals surface area (Å²) in [5.74, 6) is -0.180. The number of benzene rings is 1. The number of aliphatic hydroxyl groups excluding tert-OH is 1. The molecular weight excluding hydrogens is 330 g/mol. The summed E-state index contributed by atoms with van der Waals surface area (Å²) in [5.41, 5.74) is 1.67. The third-order valence-electron chi connectivity index (χ3n) is 4.63. The highest BCUT2D eigenvalue weighted by Crippen LogP contribution is 2.15. The summed E-state index contributed by atoms with van der Waals surface area (Å²) in [6, 6.07) is 12.5. The Morgan fingerprint density at radius 1 is 1.15 bits per heavy atom. The van der Waals surface area contributed by atoms with E-state index in [1.54, 1.807) is 29.4 Å². The molecule has 3 rings (SSSR count). The Labute approximate surface area is 152 Å². The van der Waals surface area contributed by atoms with E-state index >= 15 is 0 Å². The number of aryl methyl sites for hydroxylation is 1. The first kappa shape index (κ1) is 18.1. The van der Waals surface area contributed by atoms with Crippen LogP contribution in [0.2, 0.25) is 0 Å². The van der Waals surface area contributed by atoms with E-state index in [1.165, 1.54) is 0 Å². The van der Waals surface area contributed by atoms with E-state index in [-0.39, 0.29) is 24.4 Å². The molecule has 0 bridgehead atoms. The number of β-amino-alcohol motifs (C(OH)–C–C–N with tert-alkyl or cyclic N) is 1. The summed E-state index contributed by atoms with van der Waals surface area (Å²) in [6.07, 6.45) is 4.19. The van der Waals surface area contributed by atoms with Gasteiger partial charge >= 0.3 is 0 Å². The Balaban J connectivity index is 1.48. The van der Waals surface area contributed by atoms with Gasteiger partial charge in [0.05, 0.1) is 12.1 Å². The maximum atomic E-state index is 12.5. The van der Waals surface area contributed by atoms with E-state index in [0.29, 0.717) is 31.4 Å². The molecule has 1 fully saturated rings. The number of carbonyl (C=O) groups is 2. The molecule has 0 radical (unpaired) electrons. The van der Waals surface area contributed by atoms with Gasteiger partial charge in [0.2, 0.25) is 5.91 Å². The van der Waals surface area contributed by atoms with Gasteiger partial charge in [-0.1, -0.05) is 18.2 Å². The predicted octanol–water partition coefficient (Wildman–Crippen LogP) is 1.41. The monoisotopic (exact) mass is 353 g/mol. The first-order valence-corrected chi connectivity index (χ1v) is 8.84. The van der Waals surface area contributed by atoms with Crippen molar-refractivity contribution < 1.29 is 14.7 Å². The van der Waals surface area contributed by atoms with Gasteiger partial charge in [-0.25, -0.2) is 0 Å². The van der Waals surface area contributed by atoms with Gasteiger partial charge in [-0.2, -0.15) is 0 Å². The number of hydrogen-bond acceptors (Lipinski definition) is 4. The zero-order valence-electron chi connectivity index (χ0n) is 14.5. The van der Waals surface area contributed by atoms with Crippen molar-refractivity contribution in [3.8, 4) is 0 Å². The Kier molecular flexibility index (Phi) is 5.96. The van der Waals surface area contributed by atoms with Gasteiger partial charge in [0.25, 0.3) is 5.91 Å². The summed E-state index contributed by atoms with van der Waals surface area (Å²) in [5, 5.41) is 13.2. The normalized spacial score (nSPS) is 19.8. The SMILES string of the molecule is O=C(CCc1ccncc1)N[C@@H]1CCN(C(=O)c2ccccc2)C[C@H]1O. The number of piperidine rings is 1. The van der Waals surface area contributed by atoms with Crippen LogP contribution in [0.25, 0.3) is 0 Å². The molecule has 6 nitrogen and oxygen atoms in total. The number of aromatic nitrogens is 1. The second-order valence-corrected chi connectivity index (χ2v) is 6.50. The van der Waals surface area contributed by atoms with Crippen LogP contribution in [0.4, 0.5) is 0 Å². The van der Waals surface area contributed by atoms with E-state index in [0.717, 1.165) is 5.56 Å². The number of carbonyl (C=O) groups excluding carboxylic acids is 2. The lowest BCUT2D eigenvalue weighted by atomic mass is 10.0. The van der Waals surface area contributed by atoms with Gasteiger partial charge < -0.3 is 15.3 Å². The zero-order chi connectivity index (χ0) is 18.4. The molecule has 2 amide bonds. The molecule has 1 saturated heterocycles. The highest BCUT2D eigenvalue weighted by molar-refractivity contribution is 5.94. The molecule has 2 aromatic rings. The maximum Gasteiger partial charge on any atom is 0.253 e. The number of rotatable bonds is 5. The molecule has 1 aliphatic heterocycles.